The highest BCUT2D eigenvalue weighted by Crippen LogP contribution is 2.33. The van der Waals surface area contributed by atoms with Crippen molar-refractivity contribution >= 4 is 5.91 Å². The molecule has 24 heavy (non-hydrogen) atoms. The van der Waals surface area contributed by atoms with Crippen molar-refractivity contribution in [3.05, 3.63) is 36.4 Å². The predicted octanol–water partition coefficient (Wildman–Crippen LogP) is 3.22. The highest BCUT2D eigenvalue weighted by molar-refractivity contribution is 5.79. The minimum Gasteiger partial charge on any atom is -0.340 e. The number of carbonyl (C=O) groups is 1. The molecule has 4 rings (SSSR count). The molecule has 1 amide bonds. The van der Waals surface area contributed by atoms with Gasteiger partial charge in [0, 0.05) is 48.9 Å². The van der Waals surface area contributed by atoms with Crippen LogP contribution < -0.4 is 0 Å². The summed E-state index contributed by atoms with van der Waals surface area (Å²) in [6.07, 6.45) is 11.1. The van der Waals surface area contributed by atoms with Crippen molar-refractivity contribution in [2.75, 3.05) is 13.1 Å². The number of aromatic nitrogens is 3. The number of imidazole rings is 1. The summed E-state index contributed by atoms with van der Waals surface area (Å²) in [5, 5.41) is 0. The molecule has 3 heterocycles. The van der Waals surface area contributed by atoms with E-state index < -0.39 is 0 Å². The number of hydrogen-bond acceptors (Lipinski definition) is 3. The molecule has 1 atom stereocenters. The summed E-state index contributed by atoms with van der Waals surface area (Å²) >= 11 is 0. The van der Waals surface area contributed by atoms with Gasteiger partial charge in [-0.15, -0.1) is 0 Å². The van der Waals surface area contributed by atoms with Gasteiger partial charge in [-0.2, -0.15) is 0 Å². The smallest absolute Gasteiger partial charge is 0.225 e. The van der Waals surface area contributed by atoms with E-state index in [0.29, 0.717) is 11.9 Å². The van der Waals surface area contributed by atoms with Crippen LogP contribution in [0.3, 0.4) is 0 Å². The lowest BCUT2D eigenvalue weighted by molar-refractivity contribution is -0.139. The molecule has 0 N–H and O–H groups in total. The Hall–Kier alpha value is -2.17. The Labute approximate surface area is 142 Å². The average Bonchev–Trinajstić information content (AvgIpc) is 2.96. The van der Waals surface area contributed by atoms with Gasteiger partial charge in [-0.3, -0.25) is 9.78 Å². The van der Waals surface area contributed by atoms with Crippen molar-refractivity contribution in [3.8, 4) is 11.4 Å². The van der Waals surface area contributed by atoms with Crippen LogP contribution in [0.15, 0.2) is 30.7 Å². The summed E-state index contributed by atoms with van der Waals surface area (Å²) in [5.74, 6) is 1.61. The largest absolute Gasteiger partial charge is 0.340 e. The number of rotatable bonds is 3. The Morgan fingerprint density at radius 1 is 1.21 bits per heavy atom. The molecule has 5 heteroatoms. The number of nitrogens with zero attached hydrogens (tertiary/aromatic N) is 4. The third kappa shape index (κ3) is 2.72. The molecule has 2 aliphatic rings. The molecule has 1 aliphatic carbocycles. The second-order valence-electron chi connectivity index (χ2n) is 7.04. The van der Waals surface area contributed by atoms with Gasteiger partial charge in [0.25, 0.3) is 0 Å². The molecule has 1 saturated heterocycles. The summed E-state index contributed by atoms with van der Waals surface area (Å²) < 4.78 is 2.30. The van der Waals surface area contributed by atoms with E-state index in [2.05, 4.69) is 26.4 Å². The van der Waals surface area contributed by atoms with E-state index in [-0.39, 0.29) is 5.92 Å². The van der Waals surface area contributed by atoms with E-state index in [0.717, 1.165) is 55.9 Å². The van der Waals surface area contributed by atoms with Crippen LogP contribution in [0.5, 0.6) is 0 Å². The average molecular weight is 324 g/mol. The molecule has 1 aliphatic heterocycles. The Morgan fingerprint density at radius 3 is 2.79 bits per heavy atom. The Balaban J connectivity index is 1.59. The number of aryl methyl sites for hydroxylation is 1. The van der Waals surface area contributed by atoms with Crippen molar-refractivity contribution in [1.82, 2.24) is 19.4 Å². The molecule has 126 valence electrons. The molecule has 2 aromatic rings. The molecule has 0 aromatic carbocycles. The monoisotopic (exact) mass is 324 g/mol. The highest BCUT2D eigenvalue weighted by atomic mass is 16.2. The minimum atomic E-state index is 0.283. The topological polar surface area (TPSA) is 51.0 Å². The van der Waals surface area contributed by atoms with Gasteiger partial charge in [-0.25, -0.2) is 4.98 Å². The third-order valence-electron chi connectivity index (χ3n) is 5.43. The van der Waals surface area contributed by atoms with Crippen LogP contribution in [0.25, 0.3) is 11.4 Å². The number of carbonyl (C=O) groups excluding carboxylic acids is 1. The molecule has 1 saturated carbocycles. The Kier molecular flexibility index (Phi) is 4.08. The first kappa shape index (κ1) is 15.4. The number of hydrogen-bond donors (Lipinski definition) is 0. The molecule has 0 spiro atoms. The van der Waals surface area contributed by atoms with E-state index in [1.807, 2.05) is 24.5 Å². The van der Waals surface area contributed by atoms with Crippen LogP contribution in [-0.4, -0.2) is 38.4 Å². The van der Waals surface area contributed by atoms with Crippen molar-refractivity contribution in [3.63, 3.8) is 0 Å². The maximum absolute atomic E-state index is 12.6. The molecular weight excluding hydrogens is 300 g/mol. The molecule has 2 fully saturated rings. The Morgan fingerprint density at radius 2 is 2.08 bits per heavy atom. The predicted molar refractivity (Wildman–Crippen MR) is 92.4 cm³/mol. The quantitative estimate of drug-likeness (QED) is 0.871. The lowest BCUT2D eigenvalue weighted by atomic mass is 9.84. The summed E-state index contributed by atoms with van der Waals surface area (Å²) in [7, 11) is 0. The fourth-order valence-corrected chi connectivity index (χ4v) is 3.89. The maximum atomic E-state index is 12.6. The fraction of sp³-hybridized carbons (Fsp3) is 0.526. The van der Waals surface area contributed by atoms with Crippen LogP contribution >= 0.6 is 0 Å². The normalized spacial score (nSPS) is 21.5. The number of likely N-dealkylation sites (tertiary alicyclic amines) is 1. The summed E-state index contributed by atoms with van der Waals surface area (Å²) in [4.78, 5) is 23.6. The second kappa shape index (κ2) is 6.38. The van der Waals surface area contributed by atoms with Crippen LogP contribution in [-0.2, 0) is 4.79 Å². The summed E-state index contributed by atoms with van der Waals surface area (Å²) in [6, 6.07) is 4.29. The molecule has 2 aromatic heterocycles. The SMILES string of the molecule is Cc1cnc(-c2cccnc2)n1C1CCCN(C(=O)C2CCC2)C1. The standard InChI is InChI=1S/C19H24N4O/c1-14-11-21-18(16-7-3-9-20-12-16)23(14)17-8-4-10-22(13-17)19(24)15-5-2-6-15/h3,7,9,11-12,15,17H,2,4-6,8,10,13H2,1H3. The lowest BCUT2D eigenvalue weighted by Gasteiger charge is -2.38. The summed E-state index contributed by atoms with van der Waals surface area (Å²) in [5.41, 5.74) is 2.19. The molecule has 0 bridgehead atoms. The van der Waals surface area contributed by atoms with Gasteiger partial charge < -0.3 is 9.47 Å². The van der Waals surface area contributed by atoms with E-state index in [9.17, 15) is 4.79 Å². The lowest BCUT2D eigenvalue weighted by Crippen LogP contribution is -2.45. The van der Waals surface area contributed by atoms with Crippen molar-refractivity contribution in [2.45, 2.75) is 45.1 Å². The number of piperidine rings is 1. The first-order chi connectivity index (χ1) is 11.7. The minimum absolute atomic E-state index is 0.283. The highest BCUT2D eigenvalue weighted by Gasteiger charge is 2.33. The van der Waals surface area contributed by atoms with E-state index in [4.69, 9.17) is 0 Å². The van der Waals surface area contributed by atoms with Gasteiger partial charge in [-0.1, -0.05) is 6.42 Å². The molecular formula is C19H24N4O. The number of pyridine rings is 1. The first-order valence-corrected chi connectivity index (χ1v) is 8.97. The van der Waals surface area contributed by atoms with E-state index >= 15 is 0 Å². The maximum Gasteiger partial charge on any atom is 0.225 e. The van der Waals surface area contributed by atoms with Gasteiger partial charge in [-0.05, 0) is 44.7 Å². The zero-order valence-electron chi connectivity index (χ0n) is 14.2. The van der Waals surface area contributed by atoms with Crippen molar-refractivity contribution < 1.29 is 4.79 Å². The van der Waals surface area contributed by atoms with Gasteiger partial charge in [0.05, 0.1) is 6.04 Å². The molecule has 5 nitrogen and oxygen atoms in total. The molecule has 1 unspecified atom stereocenters. The van der Waals surface area contributed by atoms with Crippen molar-refractivity contribution in [2.24, 2.45) is 5.92 Å². The van der Waals surface area contributed by atoms with Gasteiger partial charge in [0.15, 0.2) is 0 Å². The van der Waals surface area contributed by atoms with Crippen LogP contribution in [0.1, 0.15) is 43.8 Å². The molecule has 0 radical (unpaired) electrons. The first-order valence-electron chi connectivity index (χ1n) is 8.97. The zero-order valence-corrected chi connectivity index (χ0v) is 14.2. The van der Waals surface area contributed by atoms with E-state index in [1.54, 1.807) is 6.20 Å². The van der Waals surface area contributed by atoms with Gasteiger partial charge in [0.1, 0.15) is 5.82 Å². The Bertz CT molecular complexity index is 720. The van der Waals surface area contributed by atoms with Crippen molar-refractivity contribution in [1.29, 1.82) is 0 Å². The van der Waals surface area contributed by atoms with Crippen LogP contribution in [0.2, 0.25) is 0 Å². The zero-order chi connectivity index (χ0) is 16.5. The van der Waals surface area contributed by atoms with Crippen LogP contribution in [0, 0.1) is 12.8 Å². The van der Waals surface area contributed by atoms with Gasteiger partial charge >= 0.3 is 0 Å². The fourth-order valence-electron chi connectivity index (χ4n) is 3.89. The van der Waals surface area contributed by atoms with E-state index in [1.165, 1.54) is 6.42 Å². The second-order valence-corrected chi connectivity index (χ2v) is 7.04. The third-order valence-corrected chi connectivity index (χ3v) is 5.43. The van der Waals surface area contributed by atoms with Gasteiger partial charge in [0.2, 0.25) is 5.91 Å². The number of amides is 1. The van der Waals surface area contributed by atoms with Crippen LogP contribution in [0.4, 0.5) is 0 Å². The summed E-state index contributed by atoms with van der Waals surface area (Å²) in [6.45, 7) is 3.81.